The largest absolute Gasteiger partial charge is 0.870 e. The summed E-state index contributed by atoms with van der Waals surface area (Å²) in [5, 5.41) is 11.8. The predicted octanol–water partition coefficient (Wildman–Crippen LogP) is 4.97. The summed E-state index contributed by atoms with van der Waals surface area (Å²) in [7, 11) is -3.87. The Hall–Kier alpha value is -3.47. The number of morpholine rings is 1. The average Bonchev–Trinajstić information content (AvgIpc) is 3.87. The Morgan fingerprint density at radius 3 is 2.45 bits per heavy atom. The quantitative estimate of drug-likeness (QED) is 0.211. The molecule has 1 aromatic heterocycles. The lowest BCUT2D eigenvalue weighted by molar-refractivity contribution is -0.377. The third kappa shape index (κ3) is 10.3. The number of nitrogens with one attached hydrogen (secondary N) is 1. The zero-order valence-corrected chi connectivity index (χ0v) is 28.8. The molecule has 0 amide bonds. The summed E-state index contributed by atoms with van der Waals surface area (Å²) in [5.74, 6) is -1.42. The van der Waals surface area contributed by atoms with Crippen LogP contribution >= 0.6 is 23.2 Å². The maximum absolute atomic E-state index is 13.8. The van der Waals surface area contributed by atoms with Crippen LogP contribution in [0.4, 0.5) is 14.5 Å². The number of alkyl halides is 2. The maximum atomic E-state index is 13.8. The van der Waals surface area contributed by atoms with Gasteiger partial charge in [-0.25, -0.2) is 18.2 Å². The molecule has 1 aliphatic carbocycles. The Morgan fingerprint density at radius 2 is 1.82 bits per heavy atom. The first-order chi connectivity index (χ1) is 22.9. The molecular weight excluding hydrogens is 711 g/mol. The molecule has 49 heavy (non-hydrogen) atoms. The summed E-state index contributed by atoms with van der Waals surface area (Å²) >= 11 is 12.9. The van der Waals surface area contributed by atoms with Crippen molar-refractivity contribution in [2.24, 2.45) is 5.92 Å². The van der Waals surface area contributed by atoms with Gasteiger partial charge in [0.05, 0.1) is 31.8 Å². The standard InChI is InChI=1S/C32H35Cl2F2N3O8S.H2O/c1-48(42,43)39(10-9-38-11-13-44-14-12-38)26-4-2-3-22(30(26)40)31(41)46-28(16-23-24(33)17-37-18-25(23)34)21-7-8-27(47-32(35)36)29(15-21)45-19-20-5-6-20;/h2-4,7-8,15,17-18,20,28,32,40H,5-6,9-14,16,19H2,1H3;1H2/t28-;/m0./s1. The van der Waals surface area contributed by atoms with Gasteiger partial charge in [-0.2, -0.15) is 8.78 Å². The molecule has 268 valence electrons. The van der Waals surface area contributed by atoms with Gasteiger partial charge in [0.15, 0.2) is 29.6 Å². The van der Waals surface area contributed by atoms with Gasteiger partial charge in [-0.05, 0) is 48.6 Å². The molecule has 2 heterocycles. The average molecular weight is 749 g/mol. The summed E-state index contributed by atoms with van der Waals surface area (Å²) in [6.45, 7) is -0.0863. The number of halogens is 4. The van der Waals surface area contributed by atoms with Crippen molar-refractivity contribution in [1.82, 2.24) is 4.90 Å². The van der Waals surface area contributed by atoms with Crippen molar-refractivity contribution >= 4 is 44.9 Å². The van der Waals surface area contributed by atoms with Gasteiger partial charge >= 0.3 is 12.6 Å². The van der Waals surface area contributed by atoms with Gasteiger partial charge in [0.25, 0.3) is 0 Å². The number of carbonyl (C=O) groups is 1. The van der Waals surface area contributed by atoms with Gasteiger partial charge < -0.3 is 29.5 Å². The highest BCUT2D eigenvalue weighted by molar-refractivity contribution is 7.92. The van der Waals surface area contributed by atoms with Crippen LogP contribution in [-0.2, 0) is 25.9 Å². The minimum absolute atomic E-state index is 0. The zero-order valence-electron chi connectivity index (χ0n) is 26.5. The summed E-state index contributed by atoms with van der Waals surface area (Å²) in [4.78, 5) is 18.6. The van der Waals surface area contributed by atoms with E-state index in [0.717, 1.165) is 23.4 Å². The fraction of sp³-hybridized carbons (Fsp3) is 0.438. The Labute approximate surface area is 292 Å². The van der Waals surface area contributed by atoms with E-state index in [2.05, 4.69) is 9.72 Å². The number of aromatic hydroxyl groups is 1. The van der Waals surface area contributed by atoms with Crippen LogP contribution in [0.25, 0.3) is 0 Å². The molecular formula is C32H37Cl2F2N3O9S. The lowest BCUT2D eigenvalue weighted by Crippen LogP contribution is -2.43. The molecule has 3 N–H and O–H groups in total. The van der Waals surface area contributed by atoms with E-state index in [4.69, 9.17) is 37.4 Å². The van der Waals surface area contributed by atoms with Gasteiger partial charge in [0.2, 0.25) is 10.0 Å². The molecule has 2 aromatic carbocycles. The van der Waals surface area contributed by atoms with Gasteiger partial charge in [-0.3, -0.25) is 9.21 Å². The number of hydrogen-bond donors (Lipinski definition) is 1. The summed E-state index contributed by atoms with van der Waals surface area (Å²) in [6.07, 6.45) is 4.76. The topological polar surface area (TPSA) is 159 Å². The lowest BCUT2D eigenvalue weighted by Gasteiger charge is -2.30. The number of ether oxygens (including phenoxy) is 4. The van der Waals surface area contributed by atoms with E-state index in [0.29, 0.717) is 56.5 Å². The smallest absolute Gasteiger partial charge is 0.387 e. The van der Waals surface area contributed by atoms with Crippen LogP contribution in [0.5, 0.6) is 17.2 Å². The first kappa shape index (κ1) is 38.3. The number of aromatic amines is 1. The van der Waals surface area contributed by atoms with E-state index >= 15 is 0 Å². The van der Waals surface area contributed by atoms with Crippen molar-refractivity contribution in [1.29, 1.82) is 0 Å². The molecule has 2 aliphatic rings. The molecule has 0 unspecified atom stereocenters. The number of hydrogen-bond acceptors (Lipinski definition) is 10. The van der Waals surface area contributed by atoms with Crippen molar-refractivity contribution < 1.29 is 56.5 Å². The van der Waals surface area contributed by atoms with E-state index in [1.54, 1.807) is 0 Å². The lowest BCUT2D eigenvalue weighted by atomic mass is 10.0. The first-order valence-corrected chi connectivity index (χ1v) is 17.9. The number of phenolic OH excluding ortho intramolecular Hbond substituents is 1. The number of phenols is 1. The third-order valence-electron chi connectivity index (χ3n) is 7.99. The number of rotatable bonds is 15. The Morgan fingerprint density at radius 1 is 1.12 bits per heavy atom. The summed E-state index contributed by atoms with van der Waals surface area (Å²) in [6, 6.07) is 8.33. The zero-order chi connectivity index (χ0) is 34.4. The molecule has 0 spiro atoms. The molecule has 1 saturated carbocycles. The summed E-state index contributed by atoms with van der Waals surface area (Å²) < 4.78 is 74.9. The van der Waals surface area contributed by atoms with E-state index in [1.165, 1.54) is 48.8 Å². The number of anilines is 1. The fourth-order valence-corrected chi connectivity index (χ4v) is 6.67. The van der Waals surface area contributed by atoms with Crippen LogP contribution in [0.1, 0.15) is 40.4 Å². The SMILES string of the molecule is CS(=O)(=O)N(CCN1CCOCC1)c1cccc(C(=O)O[C@@H](Cc2c(Cl)c[nH+]cc2Cl)c2ccc(OC(F)F)c(OCC3CC3)c2)c1O.[OH-]. The number of nitrogens with zero attached hydrogens (tertiary/aromatic N) is 2. The second-order valence-corrected chi connectivity index (χ2v) is 14.3. The van der Waals surface area contributed by atoms with Gasteiger partial charge in [-0.1, -0.05) is 35.3 Å². The third-order valence-corrected chi connectivity index (χ3v) is 9.84. The molecule has 2 fully saturated rings. The summed E-state index contributed by atoms with van der Waals surface area (Å²) in [5.41, 5.74) is 0.381. The molecule has 1 atom stereocenters. The monoisotopic (exact) mass is 747 g/mol. The Bertz CT molecular complexity index is 1690. The van der Waals surface area contributed by atoms with Crippen molar-refractivity contribution in [3.63, 3.8) is 0 Å². The van der Waals surface area contributed by atoms with Crippen LogP contribution in [-0.4, -0.2) is 88.7 Å². The van der Waals surface area contributed by atoms with Crippen LogP contribution in [0.2, 0.25) is 10.0 Å². The number of benzene rings is 2. The van der Waals surface area contributed by atoms with E-state index in [1.807, 2.05) is 4.90 Å². The van der Waals surface area contributed by atoms with Gasteiger partial charge in [-0.15, -0.1) is 0 Å². The van der Waals surface area contributed by atoms with E-state index in [9.17, 15) is 27.1 Å². The molecule has 12 nitrogen and oxygen atoms in total. The highest BCUT2D eigenvalue weighted by Gasteiger charge is 2.29. The van der Waals surface area contributed by atoms with Crippen LogP contribution in [0.15, 0.2) is 48.8 Å². The molecule has 0 bridgehead atoms. The van der Waals surface area contributed by atoms with Crippen molar-refractivity contribution in [3.05, 3.63) is 75.5 Å². The maximum Gasteiger partial charge on any atom is 0.387 e. The minimum Gasteiger partial charge on any atom is -0.870 e. The van der Waals surface area contributed by atoms with Crippen molar-refractivity contribution in [3.8, 4) is 17.2 Å². The number of pyridine rings is 1. The van der Waals surface area contributed by atoms with Crippen molar-refractivity contribution in [2.45, 2.75) is 32.0 Å². The van der Waals surface area contributed by atoms with Crippen LogP contribution < -0.4 is 18.8 Å². The molecule has 1 aliphatic heterocycles. The number of carbonyl (C=O) groups excluding carboxylic acids is 1. The number of H-pyrrole nitrogens is 1. The Kier molecular flexibility index (Phi) is 13.3. The van der Waals surface area contributed by atoms with E-state index < -0.39 is 34.5 Å². The van der Waals surface area contributed by atoms with E-state index in [-0.39, 0.29) is 51.2 Å². The second-order valence-electron chi connectivity index (χ2n) is 11.5. The van der Waals surface area contributed by atoms with Crippen LogP contribution in [0.3, 0.4) is 0 Å². The molecule has 1 saturated heterocycles. The number of aromatic nitrogens is 1. The Balaban J connectivity index is 0.00000541. The van der Waals surface area contributed by atoms with Gasteiger partial charge in [0.1, 0.15) is 21.7 Å². The predicted molar refractivity (Wildman–Crippen MR) is 176 cm³/mol. The number of esters is 1. The number of sulfonamides is 1. The molecule has 3 aromatic rings. The molecule has 0 radical (unpaired) electrons. The molecule has 17 heteroatoms. The fourth-order valence-electron chi connectivity index (χ4n) is 5.22. The van der Waals surface area contributed by atoms with Crippen molar-refractivity contribution in [2.75, 3.05) is 56.6 Å². The highest BCUT2D eigenvalue weighted by atomic mass is 35.5. The number of para-hydroxylation sites is 1. The van der Waals surface area contributed by atoms with Crippen LogP contribution in [0, 0.1) is 5.92 Å². The second kappa shape index (κ2) is 17.0. The minimum atomic E-state index is -3.87. The molecule has 5 rings (SSSR count). The first-order valence-electron chi connectivity index (χ1n) is 15.3. The van der Waals surface area contributed by atoms with Gasteiger partial charge in [0, 0.05) is 38.2 Å². The highest BCUT2D eigenvalue weighted by Crippen LogP contribution is 2.39. The normalized spacial score (nSPS) is 15.7.